The van der Waals surface area contributed by atoms with Gasteiger partial charge >= 0.3 is 0 Å². The molecule has 37 heavy (non-hydrogen) atoms. The van der Waals surface area contributed by atoms with Gasteiger partial charge in [0.05, 0.1) is 10.2 Å². The van der Waals surface area contributed by atoms with Crippen molar-refractivity contribution in [2.24, 2.45) is 4.74 Å². The number of aromatic nitrogens is 1. The summed E-state index contributed by atoms with van der Waals surface area (Å²) < 4.78 is 16.9. The number of hydrogen-bond donors (Lipinski definition) is 0. The number of halogens is 2. The van der Waals surface area contributed by atoms with Crippen molar-refractivity contribution in [3.8, 4) is 5.75 Å². The maximum Gasteiger partial charge on any atom is 0.173 e. The first-order chi connectivity index (χ1) is 17.6. The summed E-state index contributed by atoms with van der Waals surface area (Å²) in [6.45, 7) is 11.9. The van der Waals surface area contributed by atoms with Crippen molar-refractivity contribution in [1.82, 2.24) is 4.57 Å². The molecule has 0 aliphatic rings. The molecule has 0 fully saturated rings. The smallest absolute Gasteiger partial charge is 0.173 e. The maximum absolute atomic E-state index is 7.14. The Hall–Kier alpha value is -2.33. The lowest BCUT2D eigenvalue weighted by molar-refractivity contribution is 0.568. The predicted octanol–water partition coefficient (Wildman–Crippen LogP) is 10.6. The van der Waals surface area contributed by atoms with Gasteiger partial charge in [-0.05, 0) is 84.4 Å². The summed E-state index contributed by atoms with van der Waals surface area (Å²) in [5, 5.41) is 3.35. The van der Waals surface area contributed by atoms with E-state index in [1.165, 1.54) is 27.4 Å². The first kappa shape index (κ1) is 26.3. The van der Waals surface area contributed by atoms with Crippen LogP contribution in [0.25, 0.3) is 21.8 Å². The molecule has 0 bridgehead atoms. The van der Waals surface area contributed by atoms with Crippen LogP contribution in [0.5, 0.6) is 5.75 Å². The van der Waals surface area contributed by atoms with Gasteiger partial charge < -0.3 is 9.09 Å². The fourth-order valence-corrected chi connectivity index (χ4v) is 9.19. The van der Waals surface area contributed by atoms with Gasteiger partial charge in [0, 0.05) is 43.3 Å². The Bertz CT molecular complexity index is 1660. The van der Waals surface area contributed by atoms with Crippen molar-refractivity contribution in [2.45, 2.75) is 46.3 Å². The van der Waals surface area contributed by atoms with Crippen LogP contribution in [0.3, 0.4) is 0 Å². The quantitative estimate of drug-likeness (QED) is 0.176. The number of nitrogens with zero attached hydrogens (tertiary/aromatic N) is 2. The van der Waals surface area contributed by atoms with Gasteiger partial charge in [0.2, 0.25) is 0 Å². The van der Waals surface area contributed by atoms with E-state index in [-0.39, 0.29) is 5.16 Å². The van der Waals surface area contributed by atoms with Crippen LogP contribution in [0.15, 0.2) is 98.6 Å². The summed E-state index contributed by atoms with van der Waals surface area (Å²) in [5.74, 6) is 0.790. The minimum Gasteiger partial charge on any atom is -0.454 e. The summed E-state index contributed by atoms with van der Waals surface area (Å²) in [7, 11) is -2.64. The summed E-state index contributed by atoms with van der Waals surface area (Å²) in [4.78, 5) is 0. The second-order valence-corrected chi connectivity index (χ2v) is 15.5. The molecule has 6 heteroatoms. The zero-order valence-electron chi connectivity index (χ0n) is 21.8. The van der Waals surface area contributed by atoms with Gasteiger partial charge in [-0.1, -0.05) is 72.6 Å². The van der Waals surface area contributed by atoms with E-state index >= 15 is 0 Å². The molecular formula is C31H31Br2N2OP. The van der Waals surface area contributed by atoms with Crippen LogP contribution >= 0.6 is 39.1 Å². The van der Waals surface area contributed by atoms with Gasteiger partial charge in [0.15, 0.2) is 7.28 Å². The minimum atomic E-state index is -2.64. The largest absolute Gasteiger partial charge is 0.454 e. The number of hydrogen-bond acceptors (Lipinski definition) is 2. The van der Waals surface area contributed by atoms with Gasteiger partial charge in [-0.15, -0.1) is 0 Å². The van der Waals surface area contributed by atoms with Crippen molar-refractivity contribution in [3.05, 3.63) is 99.4 Å². The van der Waals surface area contributed by atoms with Crippen LogP contribution in [-0.2, 0) is 6.54 Å². The Morgan fingerprint density at radius 1 is 0.838 bits per heavy atom. The SMILES string of the molecule is CCn1c2ccccc2c2cc(P(=Nc3ccc(C)cc3)(Oc3ccc(Br)cc3Br)C(C)(C)C)ccc21. The van der Waals surface area contributed by atoms with Crippen LogP contribution in [0.1, 0.15) is 33.3 Å². The number of aryl methyl sites for hydroxylation is 2. The highest BCUT2D eigenvalue weighted by Crippen LogP contribution is 2.63. The molecule has 5 rings (SSSR count). The third-order valence-electron chi connectivity index (χ3n) is 6.75. The molecule has 1 unspecified atom stereocenters. The lowest BCUT2D eigenvalue weighted by atomic mass is 10.1. The van der Waals surface area contributed by atoms with E-state index in [0.29, 0.717) is 0 Å². The summed E-state index contributed by atoms with van der Waals surface area (Å²) in [6.07, 6.45) is 0. The second kappa shape index (κ2) is 10.1. The predicted molar refractivity (Wildman–Crippen MR) is 167 cm³/mol. The van der Waals surface area contributed by atoms with Gasteiger partial charge in [0.25, 0.3) is 0 Å². The van der Waals surface area contributed by atoms with Gasteiger partial charge in [-0.25, -0.2) is 4.74 Å². The Morgan fingerprint density at radius 3 is 2.22 bits per heavy atom. The topological polar surface area (TPSA) is 26.5 Å². The molecule has 3 nitrogen and oxygen atoms in total. The minimum absolute atomic E-state index is 0.277. The first-order valence-electron chi connectivity index (χ1n) is 12.5. The fourth-order valence-electron chi connectivity index (χ4n) is 4.84. The van der Waals surface area contributed by atoms with Crippen LogP contribution in [0.4, 0.5) is 5.69 Å². The van der Waals surface area contributed by atoms with Gasteiger partial charge in [0.1, 0.15) is 5.75 Å². The molecule has 0 spiro atoms. The highest BCUT2D eigenvalue weighted by molar-refractivity contribution is 9.11. The standard InChI is InChI=1S/C31H31Br2N2OP/c1-6-35-28-10-8-7-9-25(28)26-20-24(16-17-29(26)35)37(31(3,4)5,34-23-14-11-21(2)12-15-23)36-30-18-13-22(32)19-27(30)33/h7-20H,6H2,1-5H3. The van der Waals surface area contributed by atoms with Crippen molar-refractivity contribution in [2.75, 3.05) is 0 Å². The maximum atomic E-state index is 7.14. The Kier molecular flexibility index (Phi) is 7.17. The Balaban J connectivity index is 1.85. The Labute approximate surface area is 236 Å². The molecule has 0 radical (unpaired) electrons. The highest BCUT2D eigenvalue weighted by atomic mass is 79.9. The van der Waals surface area contributed by atoms with E-state index in [1.807, 2.05) is 18.2 Å². The molecule has 1 atom stereocenters. The van der Waals surface area contributed by atoms with Gasteiger partial charge in [-0.2, -0.15) is 0 Å². The van der Waals surface area contributed by atoms with Crippen LogP contribution in [0.2, 0.25) is 0 Å². The number of benzene rings is 4. The zero-order chi connectivity index (χ0) is 26.4. The molecular weight excluding hydrogens is 607 g/mol. The number of para-hydroxylation sites is 1. The summed E-state index contributed by atoms with van der Waals surface area (Å²) >= 11 is 7.31. The molecule has 0 aliphatic carbocycles. The normalized spacial score (nSPS) is 13.6. The lowest BCUT2D eigenvalue weighted by Gasteiger charge is -2.37. The van der Waals surface area contributed by atoms with Crippen molar-refractivity contribution in [1.29, 1.82) is 0 Å². The average molecular weight is 638 g/mol. The third-order valence-corrected chi connectivity index (χ3v) is 11.6. The van der Waals surface area contributed by atoms with E-state index in [0.717, 1.165) is 32.2 Å². The molecule has 5 aromatic rings. The second-order valence-electron chi connectivity index (χ2n) is 10.3. The Morgan fingerprint density at radius 2 is 1.54 bits per heavy atom. The van der Waals surface area contributed by atoms with Gasteiger partial charge in [-0.3, -0.25) is 0 Å². The van der Waals surface area contributed by atoms with Crippen molar-refractivity contribution < 1.29 is 4.52 Å². The zero-order valence-corrected chi connectivity index (χ0v) is 25.9. The molecule has 0 N–H and O–H groups in total. The van der Waals surface area contributed by atoms with Crippen LogP contribution < -0.4 is 9.83 Å². The van der Waals surface area contributed by atoms with E-state index in [1.54, 1.807) is 0 Å². The third kappa shape index (κ3) is 4.82. The highest BCUT2D eigenvalue weighted by Gasteiger charge is 2.39. The number of fused-ring (bicyclic) bond motifs is 3. The van der Waals surface area contributed by atoms with Crippen LogP contribution in [0, 0.1) is 6.92 Å². The van der Waals surface area contributed by atoms with E-state index < -0.39 is 7.28 Å². The summed E-state index contributed by atoms with van der Waals surface area (Å²) in [6, 6.07) is 29.9. The molecule has 0 amide bonds. The fraction of sp³-hybridized carbons (Fsp3) is 0.226. The van der Waals surface area contributed by atoms with E-state index in [4.69, 9.17) is 9.27 Å². The van der Waals surface area contributed by atoms with Crippen molar-refractivity contribution >= 4 is 71.9 Å². The molecule has 1 aromatic heterocycles. The molecule has 4 aromatic carbocycles. The molecule has 0 saturated carbocycles. The molecule has 0 saturated heterocycles. The average Bonchev–Trinajstić information content (AvgIpc) is 3.18. The molecule has 1 heterocycles. The molecule has 190 valence electrons. The van der Waals surface area contributed by atoms with E-state index in [9.17, 15) is 0 Å². The lowest BCUT2D eigenvalue weighted by Crippen LogP contribution is -2.27. The van der Waals surface area contributed by atoms with Crippen molar-refractivity contribution in [3.63, 3.8) is 0 Å². The monoisotopic (exact) mass is 636 g/mol. The summed E-state index contributed by atoms with van der Waals surface area (Å²) in [5.41, 5.74) is 4.63. The first-order valence-corrected chi connectivity index (χ1v) is 15.7. The molecule has 0 aliphatic heterocycles. The van der Waals surface area contributed by atoms with Crippen LogP contribution in [-0.4, -0.2) is 9.72 Å². The van der Waals surface area contributed by atoms with E-state index in [2.05, 4.69) is 138 Å². The number of rotatable bonds is 5.